The quantitative estimate of drug-likeness (QED) is 0.254. The third-order valence-electron chi connectivity index (χ3n) is 5.09. The van der Waals surface area contributed by atoms with Crippen molar-refractivity contribution in [1.29, 1.82) is 0 Å². The molecule has 5 N–H and O–H groups in total. The molecule has 0 aliphatic rings. The van der Waals surface area contributed by atoms with Crippen LogP contribution in [0.15, 0.2) is 35.3 Å². The molecule has 1 aromatic carbocycles. The first-order valence-corrected chi connectivity index (χ1v) is 11.9. The van der Waals surface area contributed by atoms with Crippen LogP contribution >= 0.6 is 7.37 Å². The molecule has 2 heterocycles. The summed E-state index contributed by atoms with van der Waals surface area (Å²) in [6, 6.07) is 5.98. The number of rotatable bonds is 10. The Morgan fingerprint density at radius 3 is 2.56 bits per heavy atom. The van der Waals surface area contributed by atoms with Gasteiger partial charge in [0.25, 0.3) is 5.56 Å². The number of nitrogens with one attached hydrogen (secondary N) is 1. The number of fused-ring (bicyclic) bond motifs is 1. The van der Waals surface area contributed by atoms with Crippen LogP contribution in [0.2, 0.25) is 0 Å². The van der Waals surface area contributed by atoms with Crippen LogP contribution < -0.4 is 26.6 Å². The zero-order valence-corrected chi connectivity index (χ0v) is 18.9. The van der Waals surface area contributed by atoms with E-state index >= 15 is 0 Å². The van der Waals surface area contributed by atoms with Crippen molar-refractivity contribution >= 4 is 47.4 Å². The molecule has 0 saturated heterocycles. The van der Waals surface area contributed by atoms with E-state index in [1.54, 1.807) is 24.1 Å². The van der Waals surface area contributed by atoms with E-state index in [1.807, 2.05) is 0 Å². The van der Waals surface area contributed by atoms with Crippen LogP contribution in [-0.4, -0.2) is 55.1 Å². The molecule has 14 heteroatoms. The molecular weight excluding hydrogens is 467 g/mol. The molecule has 0 saturated carbocycles. The predicted octanol–water partition coefficient (Wildman–Crippen LogP) is -0.942. The van der Waals surface area contributed by atoms with Crippen molar-refractivity contribution in [2.45, 2.75) is 19.4 Å². The van der Waals surface area contributed by atoms with Crippen LogP contribution in [0.4, 0.5) is 11.6 Å². The number of benzene rings is 1. The van der Waals surface area contributed by atoms with Gasteiger partial charge in [-0.1, -0.05) is 0 Å². The van der Waals surface area contributed by atoms with Gasteiger partial charge in [0, 0.05) is 30.2 Å². The number of aromatic amines is 1. The van der Waals surface area contributed by atoms with Crippen LogP contribution in [0.1, 0.15) is 18.5 Å². The van der Waals surface area contributed by atoms with Gasteiger partial charge in [-0.15, -0.1) is 0 Å². The lowest BCUT2D eigenvalue weighted by Crippen LogP contribution is -2.27. The number of aromatic nitrogens is 4. The number of carboxylic acids is 2. The first kappa shape index (κ1) is 24.8. The maximum atomic E-state index is 12.8. The monoisotopic (exact) mass is 489 g/mol. The third kappa shape index (κ3) is 5.94. The van der Waals surface area contributed by atoms with Crippen LogP contribution in [-0.2, 0) is 20.7 Å². The van der Waals surface area contributed by atoms with Gasteiger partial charge in [0.05, 0.1) is 24.4 Å². The minimum Gasteiger partial charge on any atom is -0.550 e. The van der Waals surface area contributed by atoms with E-state index in [0.717, 1.165) is 0 Å². The molecule has 0 bridgehead atoms. The Labute approximate surface area is 192 Å². The molecule has 180 valence electrons. The SMILES string of the molecule is CN(Cc1cnc2nc(N)[nH]c(=O)c2n1)c1ccc(P(=O)(O)CC(CCC(=O)[O-])C(=O)O)cc1. The Balaban J connectivity index is 1.73. The normalized spacial score (nSPS) is 13.8. The Bertz CT molecular complexity index is 1330. The molecule has 2 unspecified atom stereocenters. The van der Waals surface area contributed by atoms with Crippen molar-refractivity contribution < 1.29 is 29.3 Å². The molecule has 2 aromatic heterocycles. The fourth-order valence-electron chi connectivity index (χ4n) is 3.31. The summed E-state index contributed by atoms with van der Waals surface area (Å²) in [5.74, 6) is -4.13. The Hall–Kier alpha value is -3.83. The number of nitrogens with zero attached hydrogens (tertiary/aromatic N) is 4. The van der Waals surface area contributed by atoms with Gasteiger partial charge in [-0.05, 0) is 37.1 Å². The summed E-state index contributed by atoms with van der Waals surface area (Å²) in [4.78, 5) is 60.8. The van der Waals surface area contributed by atoms with Gasteiger partial charge in [-0.3, -0.25) is 19.1 Å². The average molecular weight is 489 g/mol. The van der Waals surface area contributed by atoms with Crippen molar-refractivity contribution in [2.75, 3.05) is 23.8 Å². The second-order valence-electron chi connectivity index (χ2n) is 7.69. The fourth-order valence-corrected chi connectivity index (χ4v) is 5.07. The maximum Gasteiger partial charge on any atom is 0.307 e. The maximum absolute atomic E-state index is 12.8. The van der Waals surface area contributed by atoms with Gasteiger partial charge in [0.2, 0.25) is 13.3 Å². The van der Waals surface area contributed by atoms with E-state index in [4.69, 9.17) is 5.73 Å². The molecule has 0 fully saturated rings. The lowest BCUT2D eigenvalue weighted by molar-refractivity contribution is -0.305. The number of carbonyl (C=O) groups excluding carboxylic acids is 1. The molecule has 2 atom stereocenters. The van der Waals surface area contributed by atoms with Crippen LogP contribution in [0.5, 0.6) is 0 Å². The summed E-state index contributed by atoms with van der Waals surface area (Å²) < 4.78 is 12.8. The van der Waals surface area contributed by atoms with Gasteiger partial charge in [-0.2, -0.15) is 4.98 Å². The number of hydrogen-bond acceptors (Lipinski definition) is 10. The highest BCUT2D eigenvalue weighted by molar-refractivity contribution is 7.66. The Morgan fingerprint density at radius 1 is 1.26 bits per heavy atom. The second kappa shape index (κ2) is 9.98. The van der Waals surface area contributed by atoms with Crippen molar-refractivity contribution in [3.05, 3.63) is 46.5 Å². The molecule has 3 rings (SSSR count). The summed E-state index contributed by atoms with van der Waals surface area (Å²) in [5, 5.41) is 19.9. The standard InChI is InChI=1S/C20H23N6O7P/c1-26(9-12-8-22-17-16(23-12)18(29)25-20(21)24-17)13-3-5-14(6-4-13)34(32,33)10-11(19(30)31)2-7-15(27)28/h3-6,8,11H,2,7,9-10H2,1H3,(H,27,28)(H,30,31)(H,32,33)(H3,21,22,24,25,29)/p-1. The summed E-state index contributed by atoms with van der Waals surface area (Å²) in [6.07, 6.45) is 0.0404. The number of carboxylic acid groups (broad SMARTS) is 2. The highest BCUT2D eigenvalue weighted by atomic mass is 31.2. The van der Waals surface area contributed by atoms with Crippen molar-refractivity contribution in [3.63, 3.8) is 0 Å². The molecule has 34 heavy (non-hydrogen) atoms. The van der Waals surface area contributed by atoms with Crippen LogP contribution in [0.3, 0.4) is 0 Å². The number of H-pyrrole nitrogens is 1. The van der Waals surface area contributed by atoms with Gasteiger partial charge in [-0.25, -0.2) is 9.97 Å². The number of carbonyl (C=O) groups is 2. The number of nitrogen functional groups attached to an aromatic ring is 1. The third-order valence-corrected chi connectivity index (χ3v) is 7.13. The van der Waals surface area contributed by atoms with E-state index in [9.17, 15) is 34.1 Å². The molecule has 0 radical (unpaired) electrons. The summed E-state index contributed by atoms with van der Waals surface area (Å²) >= 11 is 0. The second-order valence-corrected chi connectivity index (χ2v) is 9.97. The molecule has 0 aliphatic carbocycles. The Kier molecular flexibility index (Phi) is 7.28. The van der Waals surface area contributed by atoms with Gasteiger partial charge in [0.1, 0.15) is 0 Å². The largest absolute Gasteiger partial charge is 0.550 e. The van der Waals surface area contributed by atoms with Crippen LogP contribution in [0, 0.1) is 5.92 Å². The molecule has 0 amide bonds. The molecule has 13 nitrogen and oxygen atoms in total. The lowest BCUT2D eigenvalue weighted by atomic mass is 10.1. The van der Waals surface area contributed by atoms with E-state index in [2.05, 4.69) is 19.9 Å². The molecular formula is C20H22N6O7P-. The summed E-state index contributed by atoms with van der Waals surface area (Å²) in [6.45, 7) is 0.257. The predicted molar refractivity (Wildman–Crippen MR) is 121 cm³/mol. The van der Waals surface area contributed by atoms with Gasteiger partial charge < -0.3 is 30.5 Å². The summed E-state index contributed by atoms with van der Waals surface area (Å²) in [7, 11) is -2.32. The number of anilines is 2. The van der Waals surface area contributed by atoms with Crippen LogP contribution in [0.25, 0.3) is 11.2 Å². The van der Waals surface area contributed by atoms with Crippen molar-refractivity contribution in [3.8, 4) is 0 Å². The van der Waals surface area contributed by atoms with Gasteiger partial charge >= 0.3 is 5.97 Å². The van der Waals surface area contributed by atoms with E-state index in [-0.39, 0.29) is 35.4 Å². The summed E-state index contributed by atoms with van der Waals surface area (Å²) in [5.41, 5.74) is 6.28. The fraction of sp³-hybridized carbons (Fsp3) is 0.300. The minimum atomic E-state index is -4.06. The van der Waals surface area contributed by atoms with Crippen molar-refractivity contribution in [1.82, 2.24) is 19.9 Å². The molecule has 3 aromatic rings. The smallest absolute Gasteiger partial charge is 0.307 e. The highest BCUT2D eigenvalue weighted by Gasteiger charge is 2.30. The van der Waals surface area contributed by atoms with E-state index in [1.165, 1.54) is 18.3 Å². The van der Waals surface area contributed by atoms with Gasteiger partial charge in [0.15, 0.2) is 11.2 Å². The highest BCUT2D eigenvalue weighted by Crippen LogP contribution is 2.42. The average Bonchev–Trinajstić information content (AvgIpc) is 2.76. The van der Waals surface area contributed by atoms with E-state index < -0.39 is 43.4 Å². The number of nitrogens with two attached hydrogens (primary N) is 1. The lowest BCUT2D eigenvalue weighted by Gasteiger charge is -2.21. The van der Waals surface area contributed by atoms with E-state index in [0.29, 0.717) is 11.4 Å². The van der Waals surface area contributed by atoms with Crippen molar-refractivity contribution in [2.24, 2.45) is 5.92 Å². The number of aliphatic carboxylic acids is 2. The zero-order chi connectivity index (χ0) is 25.0. The zero-order valence-electron chi connectivity index (χ0n) is 18.0. The first-order valence-electron chi connectivity index (χ1n) is 10.0. The molecule has 0 spiro atoms. The molecule has 0 aliphatic heterocycles. The Morgan fingerprint density at radius 2 is 1.94 bits per heavy atom. The topological polar surface area (TPSA) is 216 Å². The minimum absolute atomic E-state index is 0.0448. The number of hydrogen-bond donors (Lipinski definition) is 4. The first-order chi connectivity index (χ1) is 16.0.